The first-order chi connectivity index (χ1) is 15.5. The third-order valence-electron chi connectivity index (χ3n) is 5.53. The van der Waals surface area contributed by atoms with E-state index in [1.54, 1.807) is 13.8 Å². The number of amides is 1. The molecule has 1 fully saturated rings. The third-order valence-corrected chi connectivity index (χ3v) is 6.69. The van der Waals surface area contributed by atoms with Crippen molar-refractivity contribution in [1.29, 1.82) is 0 Å². The third kappa shape index (κ3) is 4.73. The smallest absolute Gasteiger partial charge is 0.350 e. The second-order valence-corrected chi connectivity index (χ2v) is 8.82. The van der Waals surface area contributed by atoms with Crippen LogP contribution in [-0.2, 0) is 15.1 Å². The molecular formula is C23H26N4O4S. The largest absolute Gasteiger partial charge is 0.462 e. The lowest BCUT2D eigenvalue weighted by molar-refractivity contribution is -0.115. The van der Waals surface area contributed by atoms with Gasteiger partial charge in [0, 0.05) is 11.8 Å². The van der Waals surface area contributed by atoms with E-state index in [1.165, 1.54) is 11.3 Å². The van der Waals surface area contributed by atoms with Gasteiger partial charge in [0.05, 0.1) is 24.4 Å². The van der Waals surface area contributed by atoms with E-state index in [4.69, 9.17) is 9.26 Å². The summed E-state index contributed by atoms with van der Waals surface area (Å²) < 4.78 is 10.4. The zero-order valence-corrected chi connectivity index (χ0v) is 19.0. The molecule has 168 valence electrons. The van der Waals surface area contributed by atoms with Crippen molar-refractivity contribution in [3.8, 4) is 10.4 Å². The van der Waals surface area contributed by atoms with Crippen molar-refractivity contribution in [3.63, 3.8) is 0 Å². The maximum Gasteiger partial charge on any atom is 0.350 e. The SMILES string of the molecule is CCOC(=O)c1sc(-c2ccccc2)cc1NC(=O)CNC1(c2noc(C)n2)CCCC1. The van der Waals surface area contributed by atoms with Gasteiger partial charge in [0.25, 0.3) is 0 Å². The Morgan fingerprint density at radius 2 is 1.97 bits per heavy atom. The second kappa shape index (κ2) is 9.62. The first kappa shape index (κ1) is 22.2. The van der Waals surface area contributed by atoms with E-state index in [0.29, 0.717) is 22.3 Å². The average molecular weight is 455 g/mol. The standard InChI is InChI=1S/C23H26N4O4S/c1-3-30-21(29)20-17(13-18(32-20)16-9-5-4-6-10-16)26-19(28)14-24-23(11-7-8-12-23)22-25-15(2)31-27-22/h4-6,9-10,13,24H,3,7-8,11-12,14H2,1-2H3,(H,26,28). The number of aryl methyl sites for hydroxylation is 1. The predicted molar refractivity (Wildman–Crippen MR) is 122 cm³/mol. The molecule has 0 bridgehead atoms. The summed E-state index contributed by atoms with van der Waals surface area (Å²) in [5.74, 6) is 0.398. The quantitative estimate of drug-likeness (QED) is 0.489. The van der Waals surface area contributed by atoms with E-state index in [-0.39, 0.29) is 19.1 Å². The number of carbonyl (C=O) groups excluding carboxylic acids is 2. The summed E-state index contributed by atoms with van der Waals surface area (Å²) in [4.78, 5) is 31.0. The molecule has 32 heavy (non-hydrogen) atoms. The molecule has 9 heteroatoms. The first-order valence-electron chi connectivity index (χ1n) is 10.7. The van der Waals surface area contributed by atoms with Gasteiger partial charge in [-0.25, -0.2) is 4.79 Å². The number of aromatic nitrogens is 2. The minimum absolute atomic E-state index is 0.0619. The van der Waals surface area contributed by atoms with Crippen molar-refractivity contribution in [2.75, 3.05) is 18.5 Å². The predicted octanol–water partition coefficient (Wildman–Crippen LogP) is 4.28. The number of nitrogens with one attached hydrogen (secondary N) is 2. The summed E-state index contributed by atoms with van der Waals surface area (Å²) in [6, 6.07) is 11.5. The van der Waals surface area contributed by atoms with Crippen LogP contribution in [0, 0.1) is 6.92 Å². The number of rotatable bonds is 8. The zero-order valence-electron chi connectivity index (χ0n) is 18.1. The highest BCUT2D eigenvalue weighted by molar-refractivity contribution is 7.18. The molecule has 0 spiro atoms. The molecule has 0 atom stereocenters. The maximum atomic E-state index is 12.8. The molecule has 1 aliphatic carbocycles. The van der Waals surface area contributed by atoms with Crippen molar-refractivity contribution in [3.05, 3.63) is 53.0 Å². The summed E-state index contributed by atoms with van der Waals surface area (Å²) in [5.41, 5.74) is 0.956. The van der Waals surface area contributed by atoms with Crippen molar-refractivity contribution in [2.45, 2.75) is 45.1 Å². The molecule has 1 saturated carbocycles. The fourth-order valence-electron chi connectivity index (χ4n) is 3.97. The lowest BCUT2D eigenvalue weighted by atomic mass is 9.96. The fraction of sp³-hybridized carbons (Fsp3) is 0.391. The first-order valence-corrected chi connectivity index (χ1v) is 11.5. The second-order valence-electron chi connectivity index (χ2n) is 7.77. The average Bonchev–Trinajstić information content (AvgIpc) is 3.53. The molecule has 0 saturated heterocycles. The van der Waals surface area contributed by atoms with Crippen molar-refractivity contribution < 1.29 is 18.8 Å². The Hall–Kier alpha value is -3.04. The van der Waals surface area contributed by atoms with Crippen LogP contribution >= 0.6 is 11.3 Å². The number of nitrogens with zero attached hydrogens (tertiary/aromatic N) is 2. The number of hydrogen-bond acceptors (Lipinski definition) is 8. The fourth-order valence-corrected chi connectivity index (χ4v) is 4.99. The van der Waals surface area contributed by atoms with Gasteiger partial charge in [-0.3, -0.25) is 10.1 Å². The van der Waals surface area contributed by atoms with Crippen LogP contribution in [0.2, 0.25) is 0 Å². The Morgan fingerprint density at radius 3 is 2.62 bits per heavy atom. The van der Waals surface area contributed by atoms with E-state index >= 15 is 0 Å². The van der Waals surface area contributed by atoms with Crippen LogP contribution in [0.1, 0.15) is 54.0 Å². The maximum absolute atomic E-state index is 12.8. The zero-order chi connectivity index (χ0) is 22.6. The van der Waals surface area contributed by atoms with Crippen LogP contribution in [0.15, 0.2) is 40.9 Å². The molecule has 0 aliphatic heterocycles. The number of benzene rings is 1. The Balaban J connectivity index is 1.50. The highest BCUT2D eigenvalue weighted by Gasteiger charge is 2.39. The van der Waals surface area contributed by atoms with E-state index < -0.39 is 11.5 Å². The lowest BCUT2D eigenvalue weighted by Gasteiger charge is -2.26. The van der Waals surface area contributed by atoms with Crippen LogP contribution in [0.3, 0.4) is 0 Å². The summed E-state index contributed by atoms with van der Waals surface area (Å²) in [6.45, 7) is 3.83. The molecule has 8 nitrogen and oxygen atoms in total. The summed E-state index contributed by atoms with van der Waals surface area (Å²) in [5, 5.41) is 10.3. The highest BCUT2D eigenvalue weighted by Crippen LogP contribution is 2.38. The molecule has 2 N–H and O–H groups in total. The Morgan fingerprint density at radius 1 is 1.22 bits per heavy atom. The van der Waals surface area contributed by atoms with Crippen LogP contribution < -0.4 is 10.6 Å². The van der Waals surface area contributed by atoms with Gasteiger partial charge in [-0.2, -0.15) is 4.98 Å². The van der Waals surface area contributed by atoms with Crippen LogP contribution in [0.4, 0.5) is 5.69 Å². The minimum atomic E-state index is -0.469. The van der Waals surface area contributed by atoms with Gasteiger partial charge < -0.3 is 14.6 Å². The number of thiophene rings is 1. The van der Waals surface area contributed by atoms with Gasteiger partial charge in [0.15, 0.2) is 5.82 Å². The van der Waals surface area contributed by atoms with Gasteiger partial charge in [0.1, 0.15) is 4.88 Å². The number of ether oxygens (including phenoxy) is 1. The minimum Gasteiger partial charge on any atom is -0.462 e. The van der Waals surface area contributed by atoms with Crippen LogP contribution in [0.5, 0.6) is 0 Å². The molecule has 1 amide bonds. The monoisotopic (exact) mass is 454 g/mol. The van der Waals surface area contributed by atoms with Gasteiger partial charge in [-0.15, -0.1) is 11.3 Å². The molecular weight excluding hydrogens is 428 g/mol. The molecule has 3 aromatic rings. The molecule has 4 rings (SSSR count). The Labute approximate surface area is 190 Å². The molecule has 0 unspecified atom stereocenters. The summed E-state index contributed by atoms with van der Waals surface area (Å²) in [7, 11) is 0. The van der Waals surface area contributed by atoms with Gasteiger partial charge in [0.2, 0.25) is 11.8 Å². The number of anilines is 1. The van der Waals surface area contributed by atoms with Gasteiger partial charge >= 0.3 is 5.97 Å². The summed E-state index contributed by atoms with van der Waals surface area (Å²) in [6.07, 6.45) is 3.73. The molecule has 1 aliphatic rings. The number of hydrogen-bond donors (Lipinski definition) is 2. The van der Waals surface area contributed by atoms with Crippen LogP contribution in [0.25, 0.3) is 10.4 Å². The lowest BCUT2D eigenvalue weighted by Crippen LogP contribution is -2.44. The Kier molecular flexibility index (Phi) is 6.66. The molecule has 2 aromatic heterocycles. The van der Waals surface area contributed by atoms with Crippen molar-refractivity contribution in [1.82, 2.24) is 15.5 Å². The van der Waals surface area contributed by atoms with Crippen LogP contribution in [-0.4, -0.2) is 35.2 Å². The number of esters is 1. The topological polar surface area (TPSA) is 106 Å². The van der Waals surface area contributed by atoms with E-state index in [9.17, 15) is 9.59 Å². The van der Waals surface area contributed by atoms with E-state index in [0.717, 1.165) is 36.1 Å². The normalized spacial score (nSPS) is 14.9. The van der Waals surface area contributed by atoms with Crippen molar-refractivity contribution in [2.24, 2.45) is 0 Å². The van der Waals surface area contributed by atoms with Gasteiger partial charge in [-0.1, -0.05) is 48.3 Å². The van der Waals surface area contributed by atoms with Gasteiger partial charge in [-0.05, 0) is 31.4 Å². The van der Waals surface area contributed by atoms with Crippen molar-refractivity contribution >= 4 is 28.9 Å². The molecule has 1 aromatic carbocycles. The summed E-state index contributed by atoms with van der Waals surface area (Å²) >= 11 is 1.30. The molecule has 0 radical (unpaired) electrons. The number of carbonyl (C=O) groups is 2. The highest BCUT2D eigenvalue weighted by atomic mass is 32.1. The Bertz CT molecular complexity index is 1090. The van der Waals surface area contributed by atoms with E-state index in [1.807, 2.05) is 36.4 Å². The van der Waals surface area contributed by atoms with E-state index in [2.05, 4.69) is 20.8 Å². The molecule has 2 heterocycles.